The fourth-order valence-electron chi connectivity index (χ4n) is 2.27. The Hall–Kier alpha value is -0.370. The maximum absolute atomic E-state index is 11.2. The predicted octanol–water partition coefficient (Wildman–Crippen LogP) is 4.61. The zero-order valence-electron chi connectivity index (χ0n) is 12.4. The highest BCUT2D eigenvalue weighted by Crippen LogP contribution is 2.12. The highest BCUT2D eigenvalue weighted by Gasteiger charge is 1.99. The Morgan fingerprint density at radius 2 is 1.17 bits per heavy atom. The summed E-state index contributed by atoms with van der Waals surface area (Å²) in [5, 5.41) is 0. The van der Waals surface area contributed by atoms with Gasteiger partial charge < -0.3 is 5.73 Å². The van der Waals surface area contributed by atoms with Gasteiger partial charge in [-0.05, 0) is 13.0 Å². The molecule has 0 radical (unpaired) electrons. The van der Waals surface area contributed by atoms with Crippen molar-refractivity contribution in [1.29, 1.82) is 0 Å². The molecule has 0 aromatic heterocycles. The van der Waals surface area contributed by atoms with E-state index in [1.165, 1.54) is 64.2 Å². The van der Waals surface area contributed by atoms with Crippen molar-refractivity contribution in [2.75, 3.05) is 6.54 Å². The number of carbonyl (C=O) groups is 1. The quantitative estimate of drug-likeness (QED) is 0.461. The third kappa shape index (κ3) is 13.7. The molecule has 0 fully saturated rings. The molecule has 0 unspecified atom stereocenters. The van der Waals surface area contributed by atoms with Crippen LogP contribution in [0.15, 0.2) is 0 Å². The number of rotatable bonds is 14. The van der Waals surface area contributed by atoms with Crippen LogP contribution in [0.5, 0.6) is 0 Å². The summed E-state index contributed by atoms with van der Waals surface area (Å²) in [6, 6.07) is 0. The zero-order chi connectivity index (χ0) is 13.5. The average Bonchev–Trinajstić information content (AvgIpc) is 2.36. The minimum absolute atomic E-state index is 0.341. The van der Waals surface area contributed by atoms with Gasteiger partial charge in [0.2, 0.25) is 0 Å². The van der Waals surface area contributed by atoms with E-state index in [9.17, 15) is 4.79 Å². The Morgan fingerprint density at radius 3 is 1.61 bits per heavy atom. The number of Topliss-reactive ketones (excluding diaryl/α,β-unsaturated/α-hetero) is 1. The van der Waals surface area contributed by atoms with Gasteiger partial charge in [-0.2, -0.15) is 0 Å². The second-order valence-electron chi connectivity index (χ2n) is 5.36. The smallest absolute Gasteiger partial charge is 0.134 e. The summed E-state index contributed by atoms with van der Waals surface area (Å²) in [7, 11) is 0. The Morgan fingerprint density at radius 1 is 0.722 bits per heavy atom. The van der Waals surface area contributed by atoms with Gasteiger partial charge in [0.05, 0.1) is 0 Å². The topological polar surface area (TPSA) is 43.1 Å². The van der Waals surface area contributed by atoms with Gasteiger partial charge in [-0.15, -0.1) is 0 Å². The van der Waals surface area contributed by atoms with Crippen LogP contribution in [0.3, 0.4) is 0 Å². The number of hydrogen-bond donors (Lipinski definition) is 1. The van der Waals surface area contributed by atoms with Gasteiger partial charge in [0, 0.05) is 12.8 Å². The lowest BCUT2D eigenvalue weighted by molar-refractivity contribution is -0.119. The molecular formula is C16H33NO. The molecule has 0 aliphatic heterocycles. The minimum atomic E-state index is 0.341. The Bertz CT molecular complexity index is 180. The van der Waals surface area contributed by atoms with Gasteiger partial charge in [0.1, 0.15) is 5.78 Å². The van der Waals surface area contributed by atoms with Crippen LogP contribution in [-0.2, 0) is 4.79 Å². The Balaban J connectivity index is 3.01. The minimum Gasteiger partial charge on any atom is -0.330 e. The van der Waals surface area contributed by atoms with E-state index in [1.54, 1.807) is 0 Å². The molecule has 0 spiro atoms. The molecule has 0 amide bonds. The second kappa shape index (κ2) is 14.7. The van der Waals surface area contributed by atoms with Crippen molar-refractivity contribution in [2.24, 2.45) is 5.73 Å². The van der Waals surface area contributed by atoms with Gasteiger partial charge in [-0.1, -0.05) is 71.1 Å². The second-order valence-corrected chi connectivity index (χ2v) is 5.36. The molecule has 2 heteroatoms. The molecule has 0 atom stereocenters. The number of ketones is 1. The van der Waals surface area contributed by atoms with Crippen LogP contribution in [0.2, 0.25) is 0 Å². The zero-order valence-corrected chi connectivity index (χ0v) is 12.4. The molecule has 2 nitrogen and oxygen atoms in total. The van der Waals surface area contributed by atoms with Gasteiger partial charge in [-0.25, -0.2) is 0 Å². The molecule has 0 bridgehead atoms. The lowest BCUT2D eigenvalue weighted by Gasteiger charge is -2.02. The van der Waals surface area contributed by atoms with Crippen molar-refractivity contribution in [3.05, 3.63) is 0 Å². The van der Waals surface area contributed by atoms with E-state index in [0.717, 1.165) is 12.8 Å². The molecule has 0 saturated heterocycles. The molecule has 0 aliphatic rings. The van der Waals surface area contributed by atoms with E-state index in [1.807, 2.05) is 0 Å². The third-order valence-corrected chi connectivity index (χ3v) is 3.48. The predicted molar refractivity (Wildman–Crippen MR) is 79.8 cm³/mol. The van der Waals surface area contributed by atoms with Crippen molar-refractivity contribution >= 4 is 5.78 Å². The SMILES string of the molecule is CCCCCCCCCCCCCC(=O)CCN. The van der Waals surface area contributed by atoms with Crippen LogP contribution in [0, 0.1) is 0 Å². The van der Waals surface area contributed by atoms with Gasteiger partial charge in [-0.3, -0.25) is 4.79 Å². The highest BCUT2D eigenvalue weighted by atomic mass is 16.1. The van der Waals surface area contributed by atoms with E-state index in [2.05, 4.69) is 6.92 Å². The van der Waals surface area contributed by atoms with Crippen LogP contribution >= 0.6 is 0 Å². The molecular weight excluding hydrogens is 222 g/mol. The fraction of sp³-hybridized carbons (Fsp3) is 0.938. The monoisotopic (exact) mass is 255 g/mol. The van der Waals surface area contributed by atoms with Gasteiger partial charge in [0.25, 0.3) is 0 Å². The first-order valence-electron chi connectivity index (χ1n) is 8.03. The molecule has 0 heterocycles. The van der Waals surface area contributed by atoms with E-state index in [-0.39, 0.29) is 0 Å². The van der Waals surface area contributed by atoms with E-state index >= 15 is 0 Å². The van der Waals surface area contributed by atoms with Crippen molar-refractivity contribution in [3.63, 3.8) is 0 Å². The number of nitrogens with two attached hydrogens (primary N) is 1. The van der Waals surface area contributed by atoms with Gasteiger partial charge in [0.15, 0.2) is 0 Å². The molecule has 18 heavy (non-hydrogen) atoms. The number of unbranched alkanes of at least 4 members (excludes halogenated alkanes) is 10. The molecule has 0 aromatic carbocycles. The van der Waals surface area contributed by atoms with Crippen LogP contribution in [0.25, 0.3) is 0 Å². The summed E-state index contributed by atoms with van der Waals surface area (Å²) in [6.45, 7) is 2.77. The van der Waals surface area contributed by atoms with Crippen molar-refractivity contribution in [1.82, 2.24) is 0 Å². The molecule has 2 N–H and O–H groups in total. The largest absolute Gasteiger partial charge is 0.330 e. The summed E-state index contributed by atoms with van der Waals surface area (Å²) in [5.74, 6) is 0.341. The first kappa shape index (κ1) is 17.6. The summed E-state index contributed by atoms with van der Waals surface area (Å²) in [6.07, 6.45) is 16.0. The van der Waals surface area contributed by atoms with Gasteiger partial charge >= 0.3 is 0 Å². The molecule has 0 aromatic rings. The summed E-state index contributed by atoms with van der Waals surface area (Å²) in [4.78, 5) is 11.2. The van der Waals surface area contributed by atoms with Crippen molar-refractivity contribution in [3.8, 4) is 0 Å². The van der Waals surface area contributed by atoms with Crippen molar-refractivity contribution in [2.45, 2.75) is 90.4 Å². The highest BCUT2D eigenvalue weighted by molar-refractivity contribution is 5.78. The summed E-state index contributed by atoms with van der Waals surface area (Å²) in [5.41, 5.74) is 5.34. The molecule has 0 aliphatic carbocycles. The van der Waals surface area contributed by atoms with Crippen LogP contribution in [-0.4, -0.2) is 12.3 Å². The fourth-order valence-corrected chi connectivity index (χ4v) is 2.27. The number of carbonyl (C=O) groups excluding carboxylic acids is 1. The standard InChI is InChI=1S/C16H33NO/c1-2-3-4-5-6-7-8-9-10-11-12-13-16(18)14-15-17/h2-15,17H2,1H3. The maximum atomic E-state index is 11.2. The molecule has 0 saturated carbocycles. The lowest BCUT2D eigenvalue weighted by atomic mass is 10.0. The first-order chi connectivity index (χ1) is 8.81. The van der Waals surface area contributed by atoms with Crippen LogP contribution in [0.4, 0.5) is 0 Å². The lowest BCUT2D eigenvalue weighted by Crippen LogP contribution is -2.07. The van der Waals surface area contributed by atoms with Crippen molar-refractivity contribution < 1.29 is 4.79 Å². The molecule has 0 rings (SSSR count). The van der Waals surface area contributed by atoms with Crippen LogP contribution in [0.1, 0.15) is 90.4 Å². The Labute approximate surface area is 114 Å². The first-order valence-corrected chi connectivity index (χ1v) is 8.03. The summed E-state index contributed by atoms with van der Waals surface area (Å²) >= 11 is 0. The number of hydrogen-bond acceptors (Lipinski definition) is 2. The Kier molecular flexibility index (Phi) is 14.4. The summed E-state index contributed by atoms with van der Waals surface area (Å²) < 4.78 is 0. The van der Waals surface area contributed by atoms with E-state index in [4.69, 9.17) is 5.73 Å². The third-order valence-electron chi connectivity index (χ3n) is 3.48. The average molecular weight is 255 g/mol. The maximum Gasteiger partial charge on any atom is 0.134 e. The normalized spacial score (nSPS) is 10.8. The molecule has 108 valence electrons. The van der Waals surface area contributed by atoms with Crippen LogP contribution < -0.4 is 5.73 Å². The van der Waals surface area contributed by atoms with E-state index in [0.29, 0.717) is 18.7 Å². The van der Waals surface area contributed by atoms with E-state index < -0.39 is 0 Å².